The van der Waals surface area contributed by atoms with Crippen LogP contribution in [-0.4, -0.2) is 33.8 Å². The Morgan fingerprint density at radius 1 is 1.33 bits per heavy atom. The van der Waals surface area contributed by atoms with Gasteiger partial charge < -0.3 is 10.0 Å². The average molecular weight is 288 g/mol. The predicted molar refractivity (Wildman–Crippen MR) is 73.1 cm³/mol. The highest BCUT2D eigenvalue weighted by molar-refractivity contribution is 6.06. The maximum atomic E-state index is 12.6. The van der Waals surface area contributed by atoms with Crippen molar-refractivity contribution in [3.63, 3.8) is 0 Å². The maximum absolute atomic E-state index is 12.6. The first kappa shape index (κ1) is 13.8. The largest absolute Gasteiger partial charge is 0.392 e. The number of carbonyl (C=O) groups is 3. The molecule has 21 heavy (non-hydrogen) atoms. The Morgan fingerprint density at radius 2 is 2.10 bits per heavy atom. The molecule has 0 radical (unpaired) electrons. The summed E-state index contributed by atoms with van der Waals surface area (Å²) in [6.07, 6.45) is 0.605. The van der Waals surface area contributed by atoms with Gasteiger partial charge in [-0.25, -0.2) is 0 Å². The summed E-state index contributed by atoms with van der Waals surface area (Å²) in [7, 11) is 0. The van der Waals surface area contributed by atoms with Gasteiger partial charge in [0.15, 0.2) is 0 Å². The molecule has 110 valence electrons. The summed E-state index contributed by atoms with van der Waals surface area (Å²) in [6, 6.07) is 3.02. The SMILES string of the molecule is Cc1c(CO)ccc2c1C(=O)N(C1CCC(=O)NC1=O)C2. The molecule has 0 saturated carbocycles. The summed E-state index contributed by atoms with van der Waals surface area (Å²) < 4.78 is 0. The zero-order valence-electron chi connectivity index (χ0n) is 11.7. The molecule has 3 rings (SSSR count). The van der Waals surface area contributed by atoms with Gasteiger partial charge in [0.25, 0.3) is 5.91 Å². The van der Waals surface area contributed by atoms with Crippen molar-refractivity contribution >= 4 is 17.7 Å². The molecule has 1 aromatic carbocycles. The molecule has 6 nitrogen and oxygen atoms in total. The standard InChI is InChI=1S/C15H16N2O4/c1-8-10(7-18)3-2-9-6-17(15(21)13(8)9)11-4-5-12(19)16-14(11)20/h2-3,11,18H,4-7H2,1H3,(H,16,19,20). The zero-order chi connectivity index (χ0) is 15.1. The van der Waals surface area contributed by atoms with E-state index >= 15 is 0 Å². The fourth-order valence-corrected chi connectivity index (χ4v) is 3.04. The first-order valence-electron chi connectivity index (χ1n) is 6.89. The molecule has 1 atom stereocenters. The number of imide groups is 1. The average Bonchev–Trinajstić information content (AvgIpc) is 2.77. The molecule has 2 N–H and O–H groups in total. The van der Waals surface area contributed by atoms with E-state index in [9.17, 15) is 19.5 Å². The Labute approximate surface area is 121 Å². The number of aliphatic hydroxyl groups excluding tert-OH is 1. The Kier molecular flexibility index (Phi) is 3.25. The lowest BCUT2D eigenvalue weighted by molar-refractivity contribution is -0.136. The van der Waals surface area contributed by atoms with Gasteiger partial charge in [0, 0.05) is 18.5 Å². The summed E-state index contributed by atoms with van der Waals surface area (Å²) in [4.78, 5) is 37.2. The van der Waals surface area contributed by atoms with Crippen LogP contribution in [0.2, 0.25) is 0 Å². The molecule has 1 fully saturated rings. The number of aliphatic hydroxyl groups is 1. The Morgan fingerprint density at radius 3 is 2.76 bits per heavy atom. The summed E-state index contributed by atoms with van der Waals surface area (Å²) in [5.41, 5.74) is 2.91. The van der Waals surface area contributed by atoms with E-state index in [0.717, 1.165) is 11.1 Å². The van der Waals surface area contributed by atoms with Crippen LogP contribution in [0.15, 0.2) is 12.1 Å². The van der Waals surface area contributed by atoms with Crippen molar-refractivity contribution < 1.29 is 19.5 Å². The number of benzene rings is 1. The molecule has 3 amide bonds. The Balaban J connectivity index is 1.92. The van der Waals surface area contributed by atoms with Gasteiger partial charge in [-0.05, 0) is 30.0 Å². The molecule has 2 aliphatic rings. The van der Waals surface area contributed by atoms with Crippen molar-refractivity contribution in [1.29, 1.82) is 0 Å². The Bertz CT molecular complexity index is 653. The molecule has 2 heterocycles. The normalized spacial score (nSPS) is 21.5. The van der Waals surface area contributed by atoms with Crippen LogP contribution in [-0.2, 0) is 22.7 Å². The van der Waals surface area contributed by atoms with Crippen molar-refractivity contribution in [2.75, 3.05) is 0 Å². The molecule has 1 aromatic rings. The van der Waals surface area contributed by atoms with E-state index in [-0.39, 0.29) is 24.8 Å². The minimum atomic E-state index is -0.598. The molecule has 0 spiro atoms. The van der Waals surface area contributed by atoms with Gasteiger partial charge in [-0.1, -0.05) is 12.1 Å². The highest BCUT2D eigenvalue weighted by Gasteiger charge is 2.39. The minimum absolute atomic E-state index is 0.120. The predicted octanol–water partition coefficient (Wildman–Crippen LogP) is 0.248. The van der Waals surface area contributed by atoms with Crippen molar-refractivity contribution in [3.05, 3.63) is 34.4 Å². The molecule has 6 heteroatoms. The van der Waals surface area contributed by atoms with Crippen LogP contribution >= 0.6 is 0 Å². The van der Waals surface area contributed by atoms with Crippen molar-refractivity contribution in [1.82, 2.24) is 10.2 Å². The first-order chi connectivity index (χ1) is 10.0. The van der Waals surface area contributed by atoms with Crippen LogP contribution < -0.4 is 5.32 Å². The van der Waals surface area contributed by atoms with Crippen LogP contribution in [0.1, 0.15) is 39.9 Å². The third-order valence-corrected chi connectivity index (χ3v) is 4.24. The second-order valence-corrected chi connectivity index (χ2v) is 5.44. The highest BCUT2D eigenvalue weighted by atomic mass is 16.3. The van der Waals surface area contributed by atoms with Gasteiger partial charge in [0.1, 0.15) is 6.04 Å². The fourth-order valence-electron chi connectivity index (χ4n) is 3.04. The van der Waals surface area contributed by atoms with E-state index in [0.29, 0.717) is 24.1 Å². The zero-order valence-corrected chi connectivity index (χ0v) is 11.7. The first-order valence-corrected chi connectivity index (χ1v) is 6.89. The van der Waals surface area contributed by atoms with Crippen LogP contribution in [0.25, 0.3) is 0 Å². The summed E-state index contributed by atoms with van der Waals surface area (Å²) >= 11 is 0. The quantitative estimate of drug-likeness (QED) is 0.764. The van der Waals surface area contributed by atoms with Gasteiger partial charge in [0.05, 0.1) is 6.61 Å². The summed E-state index contributed by atoms with van der Waals surface area (Å²) in [5, 5.41) is 11.6. The van der Waals surface area contributed by atoms with Crippen LogP contribution in [0.4, 0.5) is 0 Å². The van der Waals surface area contributed by atoms with Crippen molar-refractivity contribution in [2.45, 2.75) is 39.0 Å². The topological polar surface area (TPSA) is 86.7 Å². The fraction of sp³-hybridized carbons (Fsp3) is 0.400. The lowest BCUT2D eigenvalue weighted by Crippen LogP contribution is -2.52. The van der Waals surface area contributed by atoms with E-state index in [2.05, 4.69) is 5.32 Å². The Hall–Kier alpha value is -2.21. The molecule has 0 aliphatic carbocycles. The van der Waals surface area contributed by atoms with Crippen molar-refractivity contribution in [3.8, 4) is 0 Å². The number of hydrogen-bond acceptors (Lipinski definition) is 4. The van der Waals surface area contributed by atoms with E-state index in [1.165, 1.54) is 4.90 Å². The monoisotopic (exact) mass is 288 g/mol. The van der Waals surface area contributed by atoms with Crippen LogP contribution in [0.3, 0.4) is 0 Å². The van der Waals surface area contributed by atoms with Gasteiger partial charge in [0.2, 0.25) is 11.8 Å². The molecule has 2 aliphatic heterocycles. The van der Waals surface area contributed by atoms with Gasteiger partial charge in [-0.2, -0.15) is 0 Å². The number of piperidine rings is 1. The van der Waals surface area contributed by atoms with E-state index in [1.807, 2.05) is 6.07 Å². The number of nitrogens with one attached hydrogen (secondary N) is 1. The maximum Gasteiger partial charge on any atom is 0.255 e. The molecule has 1 unspecified atom stereocenters. The van der Waals surface area contributed by atoms with Crippen LogP contribution in [0, 0.1) is 6.92 Å². The lowest BCUT2D eigenvalue weighted by Gasteiger charge is -2.29. The van der Waals surface area contributed by atoms with E-state index in [1.54, 1.807) is 13.0 Å². The third kappa shape index (κ3) is 2.12. The van der Waals surface area contributed by atoms with Crippen molar-refractivity contribution in [2.24, 2.45) is 0 Å². The van der Waals surface area contributed by atoms with E-state index < -0.39 is 11.9 Å². The number of rotatable bonds is 2. The second-order valence-electron chi connectivity index (χ2n) is 5.44. The number of nitrogens with zero attached hydrogens (tertiary/aromatic N) is 1. The highest BCUT2D eigenvalue weighted by Crippen LogP contribution is 2.31. The summed E-state index contributed by atoms with van der Waals surface area (Å²) in [6.45, 7) is 2.05. The second kappa shape index (κ2) is 4.96. The van der Waals surface area contributed by atoms with Gasteiger partial charge in [-0.3, -0.25) is 19.7 Å². The van der Waals surface area contributed by atoms with Crippen LogP contribution in [0.5, 0.6) is 0 Å². The number of hydrogen-bond donors (Lipinski definition) is 2. The minimum Gasteiger partial charge on any atom is -0.392 e. The molecule has 1 saturated heterocycles. The molecule has 0 bridgehead atoms. The third-order valence-electron chi connectivity index (χ3n) is 4.24. The van der Waals surface area contributed by atoms with E-state index in [4.69, 9.17) is 0 Å². The van der Waals surface area contributed by atoms with Gasteiger partial charge >= 0.3 is 0 Å². The summed E-state index contributed by atoms with van der Waals surface area (Å²) in [5.74, 6) is -0.904. The number of fused-ring (bicyclic) bond motifs is 1. The smallest absolute Gasteiger partial charge is 0.255 e. The lowest BCUT2D eigenvalue weighted by atomic mass is 9.99. The molecular formula is C15H16N2O4. The molecular weight excluding hydrogens is 272 g/mol. The van der Waals surface area contributed by atoms with Gasteiger partial charge in [-0.15, -0.1) is 0 Å². The number of carbonyl (C=O) groups excluding carboxylic acids is 3. The number of amides is 3. The molecule has 0 aromatic heterocycles.